The van der Waals surface area contributed by atoms with Crippen molar-refractivity contribution in [3.05, 3.63) is 23.3 Å². The summed E-state index contributed by atoms with van der Waals surface area (Å²) in [5.41, 5.74) is 2.84. The smallest absolute Gasteiger partial charge is 0.164 e. The van der Waals surface area contributed by atoms with E-state index in [2.05, 4.69) is 17.4 Å². The van der Waals surface area contributed by atoms with Crippen LogP contribution in [0.3, 0.4) is 0 Å². The van der Waals surface area contributed by atoms with Crippen molar-refractivity contribution in [2.75, 3.05) is 20.8 Å². The van der Waals surface area contributed by atoms with Gasteiger partial charge in [-0.25, -0.2) is 0 Å². The lowest BCUT2D eigenvalue weighted by molar-refractivity contribution is 0.345. The maximum atomic E-state index is 5.60. The van der Waals surface area contributed by atoms with Crippen LogP contribution in [0.5, 0.6) is 11.5 Å². The first-order valence-electron chi connectivity index (χ1n) is 7.32. The molecule has 19 heavy (non-hydrogen) atoms. The highest BCUT2D eigenvalue weighted by Gasteiger charge is 2.31. The molecule has 0 aromatic heterocycles. The summed E-state index contributed by atoms with van der Waals surface area (Å²) < 4.78 is 11.0. The van der Waals surface area contributed by atoms with E-state index < -0.39 is 0 Å². The van der Waals surface area contributed by atoms with Crippen LogP contribution < -0.4 is 14.8 Å². The standard InChI is InChI=1S/C16H23NO2/c1-18-15-9-8-11-12(14-7-4-10-17-14)5-3-6-13(11)16(15)19-2/h8-9,12,14,17H,3-7,10H2,1-2H3. The van der Waals surface area contributed by atoms with Gasteiger partial charge in [0.1, 0.15) is 0 Å². The van der Waals surface area contributed by atoms with E-state index in [-0.39, 0.29) is 0 Å². The molecule has 1 aliphatic carbocycles. The summed E-state index contributed by atoms with van der Waals surface area (Å²) in [6, 6.07) is 4.96. The van der Waals surface area contributed by atoms with Crippen molar-refractivity contribution in [3.63, 3.8) is 0 Å². The van der Waals surface area contributed by atoms with Crippen molar-refractivity contribution < 1.29 is 9.47 Å². The number of ether oxygens (including phenoxy) is 2. The summed E-state index contributed by atoms with van der Waals surface area (Å²) in [6.45, 7) is 1.17. The minimum absolute atomic E-state index is 0.644. The van der Waals surface area contributed by atoms with Crippen LogP contribution in [0.4, 0.5) is 0 Å². The van der Waals surface area contributed by atoms with Gasteiger partial charge < -0.3 is 14.8 Å². The molecule has 0 saturated carbocycles. The third-order valence-electron chi connectivity index (χ3n) is 4.61. The minimum atomic E-state index is 0.644. The highest BCUT2D eigenvalue weighted by molar-refractivity contribution is 5.53. The fourth-order valence-electron chi connectivity index (χ4n) is 3.74. The zero-order valence-corrected chi connectivity index (χ0v) is 11.9. The Balaban J connectivity index is 2.00. The molecule has 104 valence electrons. The van der Waals surface area contributed by atoms with Gasteiger partial charge in [0.2, 0.25) is 0 Å². The van der Waals surface area contributed by atoms with Gasteiger partial charge in [-0.1, -0.05) is 6.07 Å². The number of hydrogen-bond donors (Lipinski definition) is 1. The summed E-state index contributed by atoms with van der Waals surface area (Å²) in [6.07, 6.45) is 6.26. The Bertz CT molecular complexity index is 452. The van der Waals surface area contributed by atoms with E-state index in [0.29, 0.717) is 12.0 Å². The summed E-state index contributed by atoms with van der Waals surface area (Å²) in [5.74, 6) is 2.45. The van der Waals surface area contributed by atoms with Gasteiger partial charge in [-0.05, 0) is 56.2 Å². The minimum Gasteiger partial charge on any atom is -0.493 e. The van der Waals surface area contributed by atoms with Gasteiger partial charge >= 0.3 is 0 Å². The van der Waals surface area contributed by atoms with Crippen LogP contribution in [-0.4, -0.2) is 26.8 Å². The Hall–Kier alpha value is -1.22. The summed E-state index contributed by atoms with van der Waals surface area (Å²) in [4.78, 5) is 0. The van der Waals surface area contributed by atoms with E-state index in [4.69, 9.17) is 9.47 Å². The Morgan fingerprint density at radius 1 is 1.11 bits per heavy atom. The summed E-state index contributed by atoms with van der Waals surface area (Å²) in [5, 5.41) is 3.66. The molecule has 2 unspecified atom stereocenters. The lowest BCUT2D eigenvalue weighted by Crippen LogP contribution is -2.31. The maximum Gasteiger partial charge on any atom is 0.164 e. The van der Waals surface area contributed by atoms with Crippen LogP contribution in [0.15, 0.2) is 12.1 Å². The second kappa shape index (κ2) is 5.41. The van der Waals surface area contributed by atoms with Crippen LogP contribution in [0, 0.1) is 0 Å². The van der Waals surface area contributed by atoms with Crippen molar-refractivity contribution in [2.24, 2.45) is 0 Å². The van der Waals surface area contributed by atoms with Crippen LogP contribution in [0.2, 0.25) is 0 Å². The fourth-order valence-corrected chi connectivity index (χ4v) is 3.74. The molecular weight excluding hydrogens is 238 g/mol. The molecule has 1 aromatic rings. The second-order valence-corrected chi connectivity index (χ2v) is 5.57. The molecule has 1 aliphatic heterocycles. The zero-order valence-electron chi connectivity index (χ0n) is 11.9. The summed E-state index contributed by atoms with van der Waals surface area (Å²) >= 11 is 0. The number of rotatable bonds is 3. The molecule has 3 rings (SSSR count). The van der Waals surface area contributed by atoms with E-state index in [0.717, 1.165) is 17.9 Å². The maximum absolute atomic E-state index is 5.60. The molecule has 3 nitrogen and oxygen atoms in total. The highest BCUT2D eigenvalue weighted by atomic mass is 16.5. The van der Waals surface area contributed by atoms with Gasteiger partial charge in [0.15, 0.2) is 11.5 Å². The Labute approximate surface area is 115 Å². The van der Waals surface area contributed by atoms with Gasteiger partial charge in [-0.15, -0.1) is 0 Å². The number of hydrogen-bond acceptors (Lipinski definition) is 3. The normalized spacial score (nSPS) is 26.0. The molecule has 1 fully saturated rings. The molecule has 1 heterocycles. The van der Waals surface area contributed by atoms with Gasteiger partial charge in [0.05, 0.1) is 14.2 Å². The van der Waals surface area contributed by atoms with E-state index in [1.54, 1.807) is 14.2 Å². The number of fused-ring (bicyclic) bond motifs is 1. The first kappa shape index (κ1) is 12.8. The zero-order chi connectivity index (χ0) is 13.2. The first-order valence-corrected chi connectivity index (χ1v) is 7.32. The van der Waals surface area contributed by atoms with Crippen LogP contribution in [0.1, 0.15) is 42.7 Å². The third-order valence-corrected chi connectivity index (χ3v) is 4.61. The predicted octanol–water partition coefficient (Wildman–Crippen LogP) is 2.88. The van der Waals surface area contributed by atoms with Crippen molar-refractivity contribution in [2.45, 2.75) is 44.1 Å². The van der Waals surface area contributed by atoms with Gasteiger partial charge in [-0.2, -0.15) is 0 Å². The Morgan fingerprint density at radius 2 is 2.00 bits per heavy atom. The van der Waals surface area contributed by atoms with E-state index in [9.17, 15) is 0 Å². The highest BCUT2D eigenvalue weighted by Crippen LogP contribution is 2.43. The third kappa shape index (κ3) is 2.20. The van der Waals surface area contributed by atoms with Crippen molar-refractivity contribution in [1.82, 2.24) is 5.32 Å². The Kier molecular flexibility index (Phi) is 3.65. The molecule has 3 heteroatoms. The van der Waals surface area contributed by atoms with Gasteiger partial charge in [0.25, 0.3) is 0 Å². The lowest BCUT2D eigenvalue weighted by atomic mass is 9.78. The average molecular weight is 261 g/mol. The molecule has 0 spiro atoms. The lowest BCUT2D eigenvalue weighted by Gasteiger charge is -2.31. The van der Waals surface area contributed by atoms with E-state index >= 15 is 0 Å². The molecule has 2 atom stereocenters. The topological polar surface area (TPSA) is 30.5 Å². The van der Waals surface area contributed by atoms with E-state index in [1.165, 1.54) is 43.4 Å². The van der Waals surface area contributed by atoms with Gasteiger partial charge in [-0.3, -0.25) is 0 Å². The number of methoxy groups -OCH3 is 2. The van der Waals surface area contributed by atoms with Crippen LogP contribution >= 0.6 is 0 Å². The summed E-state index contributed by atoms with van der Waals surface area (Å²) in [7, 11) is 3.46. The van der Waals surface area contributed by atoms with E-state index in [1.807, 2.05) is 0 Å². The van der Waals surface area contributed by atoms with Crippen LogP contribution in [0.25, 0.3) is 0 Å². The first-order chi connectivity index (χ1) is 9.35. The molecule has 1 saturated heterocycles. The number of benzene rings is 1. The monoisotopic (exact) mass is 261 g/mol. The molecule has 1 N–H and O–H groups in total. The number of nitrogens with one attached hydrogen (secondary N) is 1. The van der Waals surface area contributed by atoms with Crippen LogP contribution in [-0.2, 0) is 6.42 Å². The fraction of sp³-hybridized carbons (Fsp3) is 0.625. The van der Waals surface area contributed by atoms with Gasteiger partial charge in [0, 0.05) is 11.6 Å². The van der Waals surface area contributed by atoms with Crippen molar-refractivity contribution in [1.29, 1.82) is 0 Å². The van der Waals surface area contributed by atoms with Crippen molar-refractivity contribution in [3.8, 4) is 11.5 Å². The molecule has 0 radical (unpaired) electrons. The second-order valence-electron chi connectivity index (χ2n) is 5.57. The average Bonchev–Trinajstić information content (AvgIpc) is 2.99. The van der Waals surface area contributed by atoms with Crippen molar-refractivity contribution >= 4 is 0 Å². The molecule has 0 amide bonds. The SMILES string of the molecule is COc1ccc2c(c1OC)CCCC2C1CCCN1. The predicted molar refractivity (Wildman–Crippen MR) is 76.2 cm³/mol. The largest absolute Gasteiger partial charge is 0.493 e. The Morgan fingerprint density at radius 3 is 2.68 bits per heavy atom. The quantitative estimate of drug-likeness (QED) is 0.907. The molecular formula is C16H23NO2. The molecule has 1 aromatic carbocycles. The molecule has 0 bridgehead atoms. The molecule has 2 aliphatic rings.